The molecule has 176 valence electrons. The molecule has 8 heteroatoms. The van der Waals surface area contributed by atoms with Crippen LogP contribution in [0.4, 0.5) is 11.4 Å². The molecular formula is C27H23N3O4S. The second kappa shape index (κ2) is 11.6. The van der Waals surface area contributed by atoms with Gasteiger partial charge in [0.15, 0.2) is 10.9 Å². The highest BCUT2D eigenvalue weighted by Crippen LogP contribution is 2.19. The fraction of sp³-hybridized carbons (Fsp3) is 0.0741. The van der Waals surface area contributed by atoms with Crippen molar-refractivity contribution in [1.82, 2.24) is 5.32 Å². The van der Waals surface area contributed by atoms with Crippen LogP contribution in [0.2, 0.25) is 0 Å². The second-order valence-electron chi connectivity index (χ2n) is 7.50. The number of benzene rings is 3. The molecule has 0 aliphatic heterocycles. The average Bonchev–Trinajstić information content (AvgIpc) is 3.40. The minimum absolute atomic E-state index is 0.114. The SMILES string of the molecule is O=C(Nc1cccc(NC(=S)NC(=O)c2ccccc2OCCc2ccccc2)c1)c1ccco1. The van der Waals surface area contributed by atoms with Crippen molar-refractivity contribution in [3.63, 3.8) is 0 Å². The van der Waals surface area contributed by atoms with Gasteiger partial charge in [-0.2, -0.15) is 0 Å². The van der Waals surface area contributed by atoms with Crippen molar-refractivity contribution in [2.45, 2.75) is 6.42 Å². The summed E-state index contributed by atoms with van der Waals surface area (Å²) in [6.07, 6.45) is 2.16. The number of rotatable bonds is 8. The molecule has 0 atom stereocenters. The fourth-order valence-corrected chi connectivity index (χ4v) is 3.52. The van der Waals surface area contributed by atoms with Crippen LogP contribution in [0.5, 0.6) is 5.75 Å². The van der Waals surface area contributed by atoms with Gasteiger partial charge in [-0.05, 0) is 60.2 Å². The molecule has 3 N–H and O–H groups in total. The standard InChI is InChI=1S/C27H23N3O4S/c31-25(22-12-4-5-13-23(22)34-17-15-19-8-2-1-3-9-19)30-27(35)29-21-11-6-10-20(18-21)28-26(32)24-14-7-16-33-24/h1-14,16,18H,15,17H2,(H,28,32)(H2,29,30,31,35). The van der Waals surface area contributed by atoms with E-state index in [0.29, 0.717) is 29.3 Å². The van der Waals surface area contributed by atoms with Gasteiger partial charge in [-0.15, -0.1) is 0 Å². The average molecular weight is 486 g/mol. The lowest BCUT2D eigenvalue weighted by atomic mass is 10.1. The Labute approximate surface area is 208 Å². The van der Waals surface area contributed by atoms with Gasteiger partial charge in [0, 0.05) is 17.8 Å². The Balaban J connectivity index is 1.33. The van der Waals surface area contributed by atoms with Crippen LogP contribution in [0, 0.1) is 0 Å². The lowest BCUT2D eigenvalue weighted by Crippen LogP contribution is -2.34. The Kier molecular flexibility index (Phi) is 7.88. The van der Waals surface area contributed by atoms with Crippen LogP contribution >= 0.6 is 12.2 Å². The quantitative estimate of drug-likeness (QED) is 0.294. The Morgan fingerprint density at radius 3 is 2.31 bits per heavy atom. The summed E-state index contributed by atoms with van der Waals surface area (Å²) in [6, 6.07) is 27.2. The monoisotopic (exact) mass is 485 g/mol. The van der Waals surface area contributed by atoms with Crippen molar-refractivity contribution in [2.24, 2.45) is 0 Å². The minimum atomic E-state index is -0.389. The van der Waals surface area contributed by atoms with E-state index in [9.17, 15) is 9.59 Å². The lowest BCUT2D eigenvalue weighted by molar-refractivity contribution is 0.0971. The second-order valence-corrected chi connectivity index (χ2v) is 7.91. The molecule has 7 nitrogen and oxygen atoms in total. The van der Waals surface area contributed by atoms with E-state index in [1.807, 2.05) is 36.4 Å². The molecule has 0 saturated carbocycles. The number of thiocarbonyl (C=S) groups is 1. The maximum Gasteiger partial charge on any atom is 0.291 e. The molecule has 3 aromatic carbocycles. The zero-order valence-corrected chi connectivity index (χ0v) is 19.5. The Hall–Kier alpha value is -4.43. The maximum atomic E-state index is 12.9. The van der Waals surface area contributed by atoms with Crippen LogP contribution in [0.25, 0.3) is 0 Å². The molecule has 0 spiro atoms. The van der Waals surface area contributed by atoms with Crippen molar-refractivity contribution in [2.75, 3.05) is 17.2 Å². The first-order chi connectivity index (χ1) is 17.1. The number of para-hydroxylation sites is 1. The van der Waals surface area contributed by atoms with Gasteiger partial charge in [0.05, 0.1) is 18.4 Å². The first-order valence-corrected chi connectivity index (χ1v) is 11.3. The van der Waals surface area contributed by atoms with E-state index in [0.717, 1.165) is 12.0 Å². The number of furan rings is 1. The summed E-state index contributed by atoms with van der Waals surface area (Å²) >= 11 is 5.32. The summed E-state index contributed by atoms with van der Waals surface area (Å²) in [4.78, 5) is 25.0. The third-order valence-corrected chi connectivity index (χ3v) is 5.18. The summed E-state index contributed by atoms with van der Waals surface area (Å²) in [5, 5.41) is 8.49. The molecule has 0 saturated heterocycles. The zero-order valence-electron chi connectivity index (χ0n) is 18.7. The van der Waals surface area contributed by atoms with Crippen LogP contribution in [-0.2, 0) is 6.42 Å². The molecule has 4 aromatic rings. The number of ether oxygens (including phenoxy) is 1. The maximum absolute atomic E-state index is 12.9. The highest BCUT2D eigenvalue weighted by Gasteiger charge is 2.14. The summed E-state index contributed by atoms with van der Waals surface area (Å²) in [5.41, 5.74) is 2.68. The topological polar surface area (TPSA) is 92.6 Å². The van der Waals surface area contributed by atoms with Crippen LogP contribution in [0.15, 0.2) is 102 Å². The van der Waals surface area contributed by atoms with E-state index >= 15 is 0 Å². The van der Waals surface area contributed by atoms with Gasteiger partial charge >= 0.3 is 0 Å². The molecule has 1 aromatic heterocycles. The number of anilines is 2. The van der Waals surface area contributed by atoms with Gasteiger partial charge in [0.2, 0.25) is 0 Å². The van der Waals surface area contributed by atoms with Crippen molar-refractivity contribution < 1.29 is 18.7 Å². The van der Waals surface area contributed by atoms with Crippen molar-refractivity contribution in [3.8, 4) is 5.75 Å². The molecule has 1 heterocycles. The van der Waals surface area contributed by atoms with Crippen molar-refractivity contribution >= 4 is 40.5 Å². The molecule has 0 fully saturated rings. The molecular weight excluding hydrogens is 462 g/mol. The van der Waals surface area contributed by atoms with E-state index < -0.39 is 0 Å². The van der Waals surface area contributed by atoms with Gasteiger partial charge in [0.25, 0.3) is 11.8 Å². The molecule has 35 heavy (non-hydrogen) atoms. The number of hydrogen-bond donors (Lipinski definition) is 3. The van der Waals surface area contributed by atoms with E-state index in [1.165, 1.54) is 6.26 Å². The fourth-order valence-electron chi connectivity index (χ4n) is 3.31. The van der Waals surface area contributed by atoms with Gasteiger partial charge in [0.1, 0.15) is 5.75 Å². The third kappa shape index (κ3) is 6.78. The van der Waals surface area contributed by atoms with Gasteiger partial charge in [-0.1, -0.05) is 48.5 Å². The summed E-state index contributed by atoms with van der Waals surface area (Å²) < 4.78 is 11.0. The van der Waals surface area contributed by atoms with Crippen LogP contribution in [0.1, 0.15) is 26.5 Å². The first-order valence-electron chi connectivity index (χ1n) is 10.9. The molecule has 2 amide bonds. The zero-order chi connectivity index (χ0) is 24.5. The molecule has 0 bridgehead atoms. The van der Waals surface area contributed by atoms with E-state index in [-0.39, 0.29) is 22.7 Å². The Morgan fingerprint density at radius 1 is 0.800 bits per heavy atom. The Morgan fingerprint density at radius 2 is 1.54 bits per heavy atom. The smallest absolute Gasteiger partial charge is 0.291 e. The predicted molar refractivity (Wildman–Crippen MR) is 139 cm³/mol. The van der Waals surface area contributed by atoms with Crippen molar-refractivity contribution in [3.05, 3.63) is 114 Å². The first kappa shape index (κ1) is 23.7. The predicted octanol–water partition coefficient (Wildman–Crippen LogP) is 5.28. The highest BCUT2D eigenvalue weighted by molar-refractivity contribution is 7.80. The summed E-state index contributed by atoms with van der Waals surface area (Å²) in [7, 11) is 0. The number of nitrogens with one attached hydrogen (secondary N) is 3. The van der Waals surface area contributed by atoms with Crippen LogP contribution in [0.3, 0.4) is 0 Å². The van der Waals surface area contributed by atoms with Gasteiger partial charge in [-0.25, -0.2) is 0 Å². The summed E-state index contributed by atoms with van der Waals surface area (Å²) in [6.45, 7) is 0.438. The van der Waals surface area contributed by atoms with E-state index in [4.69, 9.17) is 21.4 Å². The summed E-state index contributed by atoms with van der Waals surface area (Å²) in [5.74, 6) is -0.0749. The third-order valence-electron chi connectivity index (χ3n) is 4.97. The number of carbonyl (C=O) groups is 2. The highest BCUT2D eigenvalue weighted by atomic mass is 32.1. The number of amides is 2. The molecule has 0 unspecified atom stereocenters. The van der Waals surface area contributed by atoms with Crippen LogP contribution in [-0.4, -0.2) is 23.5 Å². The number of hydrogen-bond acceptors (Lipinski definition) is 5. The number of carbonyl (C=O) groups excluding carboxylic acids is 2. The van der Waals surface area contributed by atoms with E-state index in [2.05, 4.69) is 16.0 Å². The van der Waals surface area contributed by atoms with Crippen molar-refractivity contribution in [1.29, 1.82) is 0 Å². The minimum Gasteiger partial charge on any atom is -0.492 e. The molecule has 0 aliphatic carbocycles. The lowest BCUT2D eigenvalue weighted by Gasteiger charge is -2.14. The molecule has 0 aliphatic rings. The largest absolute Gasteiger partial charge is 0.492 e. The molecule has 4 rings (SSSR count). The van der Waals surface area contributed by atoms with Gasteiger partial charge in [-0.3, -0.25) is 14.9 Å². The van der Waals surface area contributed by atoms with Crippen LogP contribution < -0.4 is 20.7 Å². The van der Waals surface area contributed by atoms with E-state index in [1.54, 1.807) is 54.6 Å². The normalized spacial score (nSPS) is 10.3. The van der Waals surface area contributed by atoms with Gasteiger partial charge < -0.3 is 19.8 Å². The Bertz CT molecular complexity index is 1310. The molecule has 0 radical (unpaired) electrons.